The third-order valence-electron chi connectivity index (χ3n) is 4.82. The molecule has 3 aromatic rings. The zero-order chi connectivity index (χ0) is 14.5. The Labute approximate surface area is 129 Å². The van der Waals surface area contributed by atoms with Gasteiger partial charge in [-0.1, -0.05) is 42.5 Å². The SMILES string of the molecule is C1=CC(Cc2ccncc2)c2ccc3cccc4c3c2C1=C4. The molecule has 1 atom stereocenters. The van der Waals surface area contributed by atoms with Gasteiger partial charge in [0.2, 0.25) is 0 Å². The van der Waals surface area contributed by atoms with Crippen LogP contribution in [0.2, 0.25) is 0 Å². The van der Waals surface area contributed by atoms with Crippen molar-refractivity contribution in [3.05, 3.63) is 89.3 Å². The second-order valence-corrected chi connectivity index (χ2v) is 6.10. The highest BCUT2D eigenvalue weighted by Crippen LogP contribution is 2.45. The van der Waals surface area contributed by atoms with Crippen LogP contribution in [0.1, 0.15) is 28.2 Å². The lowest BCUT2D eigenvalue weighted by molar-refractivity contribution is 0.828. The summed E-state index contributed by atoms with van der Waals surface area (Å²) >= 11 is 0. The molecular weight excluding hydrogens is 266 g/mol. The number of aromatic nitrogens is 1. The van der Waals surface area contributed by atoms with Gasteiger partial charge in [-0.2, -0.15) is 0 Å². The van der Waals surface area contributed by atoms with E-state index in [9.17, 15) is 0 Å². The van der Waals surface area contributed by atoms with Crippen LogP contribution >= 0.6 is 0 Å². The molecule has 22 heavy (non-hydrogen) atoms. The molecule has 2 aliphatic carbocycles. The minimum atomic E-state index is 0.449. The van der Waals surface area contributed by atoms with Gasteiger partial charge in [-0.05, 0) is 63.2 Å². The van der Waals surface area contributed by atoms with E-state index in [0.717, 1.165) is 6.42 Å². The summed E-state index contributed by atoms with van der Waals surface area (Å²) in [5.41, 5.74) is 6.99. The number of nitrogens with zero attached hydrogens (tertiary/aromatic N) is 1. The number of hydrogen-bond donors (Lipinski definition) is 0. The molecule has 0 saturated carbocycles. The van der Waals surface area contributed by atoms with Crippen LogP contribution < -0.4 is 0 Å². The lowest BCUT2D eigenvalue weighted by atomic mass is 9.81. The molecule has 104 valence electrons. The zero-order valence-corrected chi connectivity index (χ0v) is 12.2. The van der Waals surface area contributed by atoms with Crippen molar-refractivity contribution < 1.29 is 0 Å². The van der Waals surface area contributed by atoms with Gasteiger partial charge in [0.25, 0.3) is 0 Å². The summed E-state index contributed by atoms with van der Waals surface area (Å²) in [4.78, 5) is 4.12. The maximum atomic E-state index is 4.12. The van der Waals surface area contributed by atoms with Crippen LogP contribution in [-0.2, 0) is 6.42 Å². The molecule has 1 heterocycles. The molecule has 2 aromatic carbocycles. The summed E-state index contributed by atoms with van der Waals surface area (Å²) in [5, 5.41) is 2.78. The van der Waals surface area contributed by atoms with Crippen LogP contribution in [0.3, 0.4) is 0 Å². The highest BCUT2D eigenvalue weighted by molar-refractivity contribution is 6.13. The lowest BCUT2D eigenvalue weighted by Gasteiger charge is -2.22. The third-order valence-corrected chi connectivity index (χ3v) is 4.82. The molecule has 0 saturated heterocycles. The van der Waals surface area contributed by atoms with E-state index < -0.39 is 0 Å². The fourth-order valence-corrected chi connectivity index (χ4v) is 3.81. The molecule has 1 nitrogen and oxygen atoms in total. The van der Waals surface area contributed by atoms with E-state index in [0.29, 0.717) is 5.92 Å². The van der Waals surface area contributed by atoms with Gasteiger partial charge in [0.15, 0.2) is 0 Å². The first-order valence-electron chi connectivity index (χ1n) is 7.75. The summed E-state index contributed by atoms with van der Waals surface area (Å²) in [6, 6.07) is 15.4. The Hall–Kier alpha value is -2.67. The highest BCUT2D eigenvalue weighted by Gasteiger charge is 2.25. The number of allylic oxidation sites excluding steroid dienone is 3. The van der Waals surface area contributed by atoms with E-state index in [1.807, 2.05) is 12.4 Å². The second kappa shape index (κ2) is 4.41. The third kappa shape index (κ3) is 1.62. The lowest BCUT2D eigenvalue weighted by Crippen LogP contribution is -2.06. The quantitative estimate of drug-likeness (QED) is 0.645. The fraction of sp³-hybridized carbons (Fsp3) is 0.0952. The first kappa shape index (κ1) is 11.9. The van der Waals surface area contributed by atoms with Crippen LogP contribution in [0.4, 0.5) is 0 Å². The largest absolute Gasteiger partial charge is 0.265 e. The summed E-state index contributed by atoms with van der Waals surface area (Å²) in [6.07, 6.45) is 11.8. The molecule has 1 unspecified atom stereocenters. The van der Waals surface area contributed by atoms with Crippen molar-refractivity contribution in [1.29, 1.82) is 0 Å². The molecule has 0 spiro atoms. The van der Waals surface area contributed by atoms with Gasteiger partial charge in [-0.3, -0.25) is 4.98 Å². The van der Waals surface area contributed by atoms with Crippen LogP contribution in [0, 0.1) is 0 Å². The van der Waals surface area contributed by atoms with E-state index in [1.165, 1.54) is 38.6 Å². The molecule has 5 rings (SSSR count). The van der Waals surface area contributed by atoms with Gasteiger partial charge in [-0.25, -0.2) is 0 Å². The predicted molar refractivity (Wildman–Crippen MR) is 91.6 cm³/mol. The van der Waals surface area contributed by atoms with Crippen LogP contribution in [0.5, 0.6) is 0 Å². The normalized spacial score (nSPS) is 17.8. The first-order valence-corrected chi connectivity index (χ1v) is 7.75. The smallest absolute Gasteiger partial charge is 0.0270 e. The molecular formula is C21H15N. The van der Waals surface area contributed by atoms with E-state index in [2.05, 4.69) is 65.7 Å². The van der Waals surface area contributed by atoms with Crippen molar-refractivity contribution in [1.82, 2.24) is 4.98 Å². The average Bonchev–Trinajstić information content (AvgIpc) is 2.95. The van der Waals surface area contributed by atoms with Gasteiger partial charge in [-0.15, -0.1) is 0 Å². The summed E-state index contributed by atoms with van der Waals surface area (Å²) in [6.45, 7) is 0. The van der Waals surface area contributed by atoms with Crippen molar-refractivity contribution in [2.45, 2.75) is 12.3 Å². The topological polar surface area (TPSA) is 12.9 Å². The minimum absolute atomic E-state index is 0.449. The number of benzene rings is 2. The molecule has 0 amide bonds. The van der Waals surface area contributed by atoms with E-state index in [-0.39, 0.29) is 0 Å². The van der Waals surface area contributed by atoms with Crippen LogP contribution in [-0.4, -0.2) is 4.98 Å². The van der Waals surface area contributed by atoms with Gasteiger partial charge in [0.05, 0.1) is 0 Å². The first-order chi connectivity index (χ1) is 10.9. The van der Waals surface area contributed by atoms with Gasteiger partial charge in [0.1, 0.15) is 0 Å². The molecule has 1 heteroatoms. The maximum Gasteiger partial charge on any atom is 0.0270 e. The Bertz CT molecular complexity index is 948. The maximum absolute atomic E-state index is 4.12. The van der Waals surface area contributed by atoms with E-state index >= 15 is 0 Å². The summed E-state index contributed by atoms with van der Waals surface area (Å²) in [7, 11) is 0. The molecule has 2 aliphatic rings. The monoisotopic (exact) mass is 281 g/mol. The number of hydrogen-bond acceptors (Lipinski definition) is 1. The van der Waals surface area contributed by atoms with E-state index in [1.54, 1.807) is 0 Å². The summed E-state index contributed by atoms with van der Waals surface area (Å²) < 4.78 is 0. The Balaban J connectivity index is 1.68. The van der Waals surface area contributed by atoms with Crippen molar-refractivity contribution >= 4 is 22.4 Å². The van der Waals surface area contributed by atoms with Crippen molar-refractivity contribution in [2.24, 2.45) is 0 Å². The molecule has 0 radical (unpaired) electrons. The van der Waals surface area contributed by atoms with Crippen molar-refractivity contribution in [2.75, 3.05) is 0 Å². The number of rotatable bonds is 2. The Kier molecular flexibility index (Phi) is 2.39. The average molecular weight is 281 g/mol. The Morgan fingerprint density at radius 2 is 1.86 bits per heavy atom. The van der Waals surface area contributed by atoms with Crippen LogP contribution in [0.15, 0.2) is 67.0 Å². The standard InChI is InChI=1S/C21H15N/c1-2-15-6-7-19-16(12-14-8-10-22-11-9-14)4-5-18-13-17(3-1)20(15)21(18)19/h1-11,13,16H,12H2. The van der Waals surface area contributed by atoms with Crippen molar-refractivity contribution in [3.8, 4) is 0 Å². The molecule has 0 bridgehead atoms. The number of pyridine rings is 1. The fourth-order valence-electron chi connectivity index (χ4n) is 3.81. The molecule has 1 aromatic heterocycles. The minimum Gasteiger partial charge on any atom is -0.265 e. The predicted octanol–water partition coefficient (Wildman–Crippen LogP) is 4.98. The Morgan fingerprint density at radius 1 is 0.955 bits per heavy atom. The molecule has 0 fully saturated rings. The summed E-state index contributed by atoms with van der Waals surface area (Å²) in [5.74, 6) is 0.449. The van der Waals surface area contributed by atoms with Gasteiger partial charge in [0, 0.05) is 18.3 Å². The highest BCUT2D eigenvalue weighted by atomic mass is 14.6. The molecule has 0 aliphatic heterocycles. The van der Waals surface area contributed by atoms with Crippen molar-refractivity contribution in [3.63, 3.8) is 0 Å². The zero-order valence-electron chi connectivity index (χ0n) is 12.2. The van der Waals surface area contributed by atoms with Gasteiger partial charge < -0.3 is 0 Å². The van der Waals surface area contributed by atoms with Gasteiger partial charge >= 0.3 is 0 Å². The Morgan fingerprint density at radius 3 is 2.77 bits per heavy atom. The van der Waals surface area contributed by atoms with Crippen LogP contribution in [0.25, 0.3) is 22.4 Å². The second-order valence-electron chi connectivity index (χ2n) is 6.10. The molecule has 0 N–H and O–H groups in total. The van der Waals surface area contributed by atoms with E-state index in [4.69, 9.17) is 0 Å².